The third-order valence-corrected chi connectivity index (χ3v) is 2.19. The largest absolute Gasteiger partial charge is 0.384 e. The van der Waals surface area contributed by atoms with Crippen molar-refractivity contribution in [2.45, 2.75) is 13.0 Å². The van der Waals surface area contributed by atoms with Crippen molar-refractivity contribution in [2.75, 3.05) is 31.4 Å². The molecule has 0 fully saturated rings. The lowest BCUT2D eigenvalue weighted by Crippen LogP contribution is -2.33. The van der Waals surface area contributed by atoms with Crippen LogP contribution in [0.5, 0.6) is 0 Å². The summed E-state index contributed by atoms with van der Waals surface area (Å²) in [6.07, 6.45) is 0. The molecule has 0 aliphatic rings. The van der Waals surface area contributed by atoms with Crippen LogP contribution in [-0.2, 0) is 4.74 Å². The summed E-state index contributed by atoms with van der Waals surface area (Å²) in [7, 11) is 3.67. The van der Waals surface area contributed by atoms with Crippen molar-refractivity contribution in [1.29, 1.82) is 0 Å². The van der Waals surface area contributed by atoms with E-state index >= 15 is 0 Å². The van der Waals surface area contributed by atoms with E-state index in [1.54, 1.807) is 13.2 Å². The maximum Gasteiger partial charge on any atom is 0.131 e. The Morgan fingerprint density at radius 3 is 2.86 bits per heavy atom. The molecule has 0 saturated carbocycles. The topological polar surface area (TPSA) is 51.4 Å². The summed E-state index contributed by atoms with van der Waals surface area (Å²) in [6, 6.07) is 5.89. The van der Waals surface area contributed by atoms with Crippen LogP contribution in [0.2, 0.25) is 0 Å². The van der Waals surface area contributed by atoms with Crippen molar-refractivity contribution >= 4 is 11.6 Å². The average molecular weight is 195 g/mol. The molecule has 1 atom stereocenters. The fourth-order valence-corrected chi connectivity index (χ4v) is 1.21. The molecule has 1 unspecified atom stereocenters. The standard InChI is InChI=1S/C10H17N3O/c1-8(7-14-3)13(2)10-6-4-5-9(11)12-10/h4-6,8H,7H2,1-3H3,(H2,11,12). The Morgan fingerprint density at radius 2 is 2.29 bits per heavy atom. The Labute approximate surface area is 84.7 Å². The van der Waals surface area contributed by atoms with Crippen LogP contribution in [0.1, 0.15) is 6.92 Å². The van der Waals surface area contributed by atoms with Crippen molar-refractivity contribution in [3.05, 3.63) is 18.2 Å². The highest BCUT2D eigenvalue weighted by molar-refractivity contribution is 5.44. The first-order chi connectivity index (χ1) is 6.65. The molecule has 4 nitrogen and oxygen atoms in total. The Balaban J connectivity index is 2.73. The van der Waals surface area contributed by atoms with Gasteiger partial charge in [-0.15, -0.1) is 0 Å². The van der Waals surface area contributed by atoms with E-state index in [2.05, 4.69) is 11.9 Å². The number of nitrogens with zero attached hydrogens (tertiary/aromatic N) is 2. The molecule has 0 amide bonds. The van der Waals surface area contributed by atoms with Crippen molar-refractivity contribution in [2.24, 2.45) is 0 Å². The van der Waals surface area contributed by atoms with Crippen molar-refractivity contribution in [1.82, 2.24) is 4.98 Å². The molecule has 1 aromatic heterocycles. The predicted octanol–water partition coefficient (Wildman–Crippen LogP) is 1.13. The lowest BCUT2D eigenvalue weighted by atomic mass is 10.3. The first-order valence-corrected chi connectivity index (χ1v) is 4.59. The zero-order valence-electron chi connectivity index (χ0n) is 8.90. The van der Waals surface area contributed by atoms with Crippen LogP contribution in [0.3, 0.4) is 0 Å². The lowest BCUT2D eigenvalue weighted by molar-refractivity contribution is 0.183. The van der Waals surface area contributed by atoms with Gasteiger partial charge in [0.15, 0.2) is 0 Å². The van der Waals surface area contributed by atoms with Gasteiger partial charge in [-0.3, -0.25) is 0 Å². The monoisotopic (exact) mass is 195 g/mol. The molecule has 0 bridgehead atoms. The third kappa shape index (κ3) is 2.60. The normalized spacial score (nSPS) is 12.5. The molecule has 1 heterocycles. The van der Waals surface area contributed by atoms with E-state index in [0.717, 1.165) is 5.82 Å². The molecule has 0 spiro atoms. The van der Waals surface area contributed by atoms with Gasteiger partial charge in [0.2, 0.25) is 0 Å². The minimum atomic E-state index is 0.286. The zero-order valence-corrected chi connectivity index (χ0v) is 8.90. The van der Waals surface area contributed by atoms with E-state index in [9.17, 15) is 0 Å². The highest BCUT2D eigenvalue weighted by Crippen LogP contribution is 2.13. The summed E-state index contributed by atoms with van der Waals surface area (Å²) in [5, 5.41) is 0. The fraction of sp³-hybridized carbons (Fsp3) is 0.500. The van der Waals surface area contributed by atoms with Crippen LogP contribution in [0, 0.1) is 0 Å². The van der Waals surface area contributed by atoms with E-state index < -0.39 is 0 Å². The molecule has 0 saturated heterocycles. The smallest absolute Gasteiger partial charge is 0.131 e. The second-order valence-electron chi connectivity index (χ2n) is 3.34. The van der Waals surface area contributed by atoms with Crippen LogP contribution < -0.4 is 10.6 Å². The molecule has 78 valence electrons. The van der Waals surface area contributed by atoms with Gasteiger partial charge in [0.05, 0.1) is 12.6 Å². The number of hydrogen-bond acceptors (Lipinski definition) is 4. The first-order valence-electron chi connectivity index (χ1n) is 4.59. The van der Waals surface area contributed by atoms with E-state index in [0.29, 0.717) is 12.4 Å². The number of hydrogen-bond donors (Lipinski definition) is 1. The average Bonchev–Trinajstić information content (AvgIpc) is 2.17. The minimum absolute atomic E-state index is 0.286. The SMILES string of the molecule is COCC(C)N(C)c1cccc(N)n1. The van der Waals surface area contributed by atoms with Crippen LogP contribution in [0.4, 0.5) is 11.6 Å². The molecule has 0 aliphatic carbocycles. The molecular weight excluding hydrogens is 178 g/mol. The maximum absolute atomic E-state index is 5.60. The number of ether oxygens (including phenoxy) is 1. The van der Waals surface area contributed by atoms with Crippen molar-refractivity contribution in [3.63, 3.8) is 0 Å². The van der Waals surface area contributed by atoms with E-state index in [1.807, 2.05) is 24.1 Å². The maximum atomic E-state index is 5.60. The molecular formula is C10H17N3O. The number of methoxy groups -OCH3 is 1. The molecule has 14 heavy (non-hydrogen) atoms. The number of aromatic nitrogens is 1. The first kappa shape index (κ1) is 10.8. The quantitative estimate of drug-likeness (QED) is 0.782. The fourth-order valence-electron chi connectivity index (χ4n) is 1.21. The van der Waals surface area contributed by atoms with Gasteiger partial charge < -0.3 is 15.4 Å². The van der Waals surface area contributed by atoms with Crippen LogP contribution in [0.25, 0.3) is 0 Å². The van der Waals surface area contributed by atoms with Gasteiger partial charge in [-0.1, -0.05) is 6.07 Å². The lowest BCUT2D eigenvalue weighted by Gasteiger charge is -2.25. The highest BCUT2D eigenvalue weighted by atomic mass is 16.5. The summed E-state index contributed by atoms with van der Waals surface area (Å²) in [4.78, 5) is 6.27. The van der Waals surface area contributed by atoms with Crippen molar-refractivity contribution in [3.8, 4) is 0 Å². The molecule has 0 aromatic carbocycles. The summed E-state index contributed by atoms with van der Waals surface area (Å²) < 4.78 is 5.08. The number of rotatable bonds is 4. The van der Waals surface area contributed by atoms with Gasteiger partial charge in [-0.2, -0.15) is 0 Å². The van der Waals surface area contributed by atoms with Gasteiger partial charge >= 0.3 is 0 Å². The summed E-state index contributed by atoms with van der Waals surface area (Å²) in [5.41, 5.74) is 5.60. The van der Waals surface area contributed by atoms with E-state index in [4.69, 9.17) is 10.5 Å². The van der Waals surface area contributed by atoms with Gasteiger partial charge in [0.1, 0.15) is 11.6 Å². The summed E-state index contributed by atoms with van der Waals surface area (Å²) in [5.74, 6) is 1.41. The Bertz CT molecular complexity index is 290. The molecule has 4 heteroatoms. The summed E-state index contributed by atoms with van der Waals surface area (Å²) >= 11 is 0. The number of anilines is 2. The van der Waals surface area contributed by atoms with Crippen LogP contribution in [0.15, 0.2) is 18.2 Å². The van der Waals surface area contributed by atoms with E-state index in [1.165, 1.54) is 0 Å². The second kappa shape index (κ2) is 4.81. The summed E-state index contributed by atoms with van der Waals surface area (Å²) in [6.45, 7) is 2.75. The number of nitrogens with two attached hydrogens (primary N) is 1. The number of likely N-dealkylation sites (N-methyl/N-ethyl adjacent to an activating group) is 1. The second-order valence-corrected chi connectivity index (χ2v) is 3.34. The molecule has 1 rings (SSSR count). The van der Waals surface area contributed by atoms with Crippen LogP contribution in [-0.4, -0.2) is 31.8 Å². The molecule has 2 N–H and O–H groups in total. The highest BCUT2D eigenvalue weighted by Gasteiger charge is 2.10. The third-order valence-electron chi connectivity index (χ3n) is 2.19. The molecule has 1 aromatic rings. The zero-order chi connectivity index (χ0) is 10.6. The Hall–Kier alpha value is -1.29. The van der Waals surface area contributed by atoms with Crippen molar-refractivity contribution < 1.29 is 4.74 Å². The van der Waals surface area contributed by atoms with Gasteiger partial charge in [-0.05, 0) is 19.1 Å². The molecule has 0 radical (unpaired) electrons. The molecule has 0 aliphatic heterocycles. The van der Waals surface area contributed by atoms with E-state index in [-0.39, 0.29) is 6.04 Å². The number of nitrogen functional groups attached to an aromatic ring is 1. The Kier molecular flexibility index (Phi) is 3.71. The minimum Gasteiger partial charge on any atom is -0.384 e. The van der Waals surface area contributed by atoms with Crippen LogP contribution >= 0.6 is 0 Å². The predicted molar refractivity (Wildman–Crippen MR) is 58.4 cm³/mol. The Morgan fingerprint density at radius 1 is 1.57 bits per heavy atom. The number of pyridine rings is 1. The van der Waals surface area contributed by atoms with Gasteiger partial charge in [0.25, 0.3) is 0 Å². The van der Waals surface area contributed by atoms with Gasteiger partial charge in [-0.25, -0.2) is 4.98 Å². The van der Waals surface area contributed by atoms with Gasteiger partial charge in [0, 0.05) is 14.2 Å².